The summed E-state index contributed by atoms with van der Waals surface area (Å²) < 4.78 is 14.6. The molecule has 15 heavy (non-hydrogen) atoms. The average molecular weight is 222 g/mol. The van der Waals surface area contributed by atoms with Gasteiger partial charge in [-0.25, -0.2) is 0 Å². The van der Waals surface area contributed by atoms with Gasteiger partial charge >= 0.3 is 0 Å². The Hall–Kier alpha value is -0.530. The SMILES string of the molecule is COC[C@@H](O)[C@@H](OC)[C@H](OC)[C@@H](O)C=O. The van der Waals surface area contributed by atoms with Crippen molar-refractivity contribution in [3.8, 4) is 0 Å². The second-order valence-electron chi connectivity index (χ2n) is 3.05. The quantitative estimate of drug-likeness (QED) is 0.490. The summed E-state index contributed by atoms with van der Waals surface area (Å²) in [5.74, 6) is 0. The van der Waals surface area contributed by atoms with Gasteiger partial charge in [-0.3, -0.25) is 0 Å². The lowest BCUT2D eigenvalue weighted by Crippen LogP contribution is -2.48. The summed E-state index contributed by atoms with van der Waals surface area (Å²) in [5, 5.41) is 18.9. The highest BCUT2D eigenvalue weighted by atomic mass is 16.6. The van der Waals surface area contributed by atoms with Crippen LogP contribution in [0.4, 0.5) is 0 Å². The van der Waals surface area contributed by atoms with E-state index in [4.69, 9.17) is 14.2 Å². The molecule has 0 aliphatic rings. The van der Waals surface area contributed by atoms with Crippen LogP contribution in [-0.2, 0) is 19.0 Å². The largest absolute Gasteiger partial charge is 0.388 e. The molecule has 0 spiro atoms. The number of aliphatic hydroxyl groups excluding tert-OH is 2. The molecule has 4 atom stereocenters. The molecule has 6 heteroatoms. The van der Waals surface area contributed by atoms with E-state index in [0.29, 0.717) is 6.29 Å². The normalized spacial score (nSPS) is 19.3. The van der Waals surface area contributed by atoms with Gasteiger partial charge in [0.1, 0.15) is 24.4 Å². The fourth-order valence-electron chi connectivity index (χ4n) is 1.32. The van der Waals surface area contributed by atoms with E-state index < -0.39 is 24.4 Å². The Kier molecular flexibility index (Phi) is 7.45. The first-order valence-corrected chi connectivity index (χ1v) is 4.48. The molecule has 0 saturated heterocycles. The van der Waals surface area contributed by atoms with Crippen molar-refractivity contribution in [1.82, 2.24) is 0 Å². The average Bonchev–Trinajstić information content (AvgIpc) is 2.24. The molecule has 0 radical (unpaired) electrons. The molecule has 0 bridgehead atoms. The molecule has 0 rings (SSSR count). The van der Waals surface area contributed by atoms with Gasteiger partial charge in [0.2, 0.25) is 0 Å². The van der Waals surface area contributed by atoms with Gasteiger partial charge in [-0.15, -0.1) is 0 Å². The second kappa shape index (κ2) is 7.72. The van der Waals surface area contributed by atoms with Gasteiger partial charge in [-0.1, -0.05) is 0 Å². The highest BCUT2D eigenvalue weighted by Gasteiger charge is 2.33. The van der Waals surface area contributed by atoms with Crippen molar-refractivity contribution in [2.45, 2.75) is 24.4 Å². The van der Waals surface area contributed by atoms with Crippen LogP contribution in [0.15, 0.2) is 0 Å². The van der Waals surface area contributed by atoms with Gasteiger partial charge in [0.25, 0.3) is 0 Å². The van der Waals surface area contributed by atoms with Crippen LogP contribution in [0.2, 0.25) is 0 Å². The molecule has 0 aromatic heterocycles. The molecule has 90 valence electrons. The summed E-state index contributed by atoms with van der Waals surface area (Å²) >= 11 is 0. The Labute approximate surface area is 88.7 Å². The minimum absolute atomic E-state index is 0.0317. The predicted octanol–water partition coefficient (Wildman–Crippen LogP) is -1.42. The molecule has 0 aromatic rings. The second-order valence-corrected chi connectivity index (χ2v) is 3.05. The molecular formula is C9H18O6. The minimum atomic E-state index is -1.34. The van der Waals surface area contributed by atoms with Gasteiger partial charge in [-0.2, -0.15) is 0 Å². The third-order valence-corrected chi connectivity index (χ3v) is 2.06. The van der Waals surface area contributed by atoms with E-state index >= 15 is 0 Å². The molecule has 0 amide bonds. The fraction of sp³-hybridized carbons (Fsp3) is 0.889. The van der Waals surface area contributed by atoms with Gasteiger partial charge in [0, 0.05) is 21.3 Å². The molecule has 0 unspecified atom stereocenters. The maximum atomic E-state index is 10.4. The number of ether oxygens (including phenoxy) is 3. The Morgan fingerprint density at radius 2 is 1.67 bits per heavy atom. The third-order valence-electron chi connectivity index (χ3n) is 2.06. The van der Waals surface area contributed by atoms with Crippen molar-refractivity contribution in [3.05, 3.63) is 0 Å². The topological polar surface area (TPSA) is 85.2 Å². The van der Waals surface area contributed by atoms with Crippen molar-refractivity contribution in [1.29, 1.82) is 0 Å². The lowest BCUT2D eigenvalue weighted by atomic mass is 10.0. The van der Waals surface area contributed by atoms with Gasteiger partial charge in [0.05, 0.1) is 6.61 Å². The first-order chi connectivity index (χ1) is 7.12. The fourth-order valence-corrected chi connectivity index (χ4v) is 1.32. The summed E-state index contributed by atoms with van der Waals surface area (Å²) in [6.07, 6.45) is -3.72. The van der Waals surface area contributed by atoms with E-state index in [2.05, 4.69) is 0 Å². The van der Waals surface area contributed by atoms with Crippen LogP contribution in [0.1, 0.15) is 0 Å². The number of hydrogen-bond acceptors (Lipinski definition) is 6. The zero-order valence-corrected chi connectivity index (χ0v) is 9.12. The predicted molar refractivity (Wildman–Crippen MR) is 51.5 cm³/mol. The summed E-state index contributed by atoms with van der Waals surface area (Å²) in [6, 6.07) is 0. The Morgan fingerprint density at radius 1 is 1.13 bits per heavy atom. The van der Waals surface area contributed by atoms with Crippen molar-refractivity contribution in [2.24, 2.45) is 0 Å². The minimum Gasteiger partial charge on any atom is -0.388 e. The lowest BCUT2D eigenvalue weighted by molar-refractivity contribution is -0.151. The molecule has 2 N–H and O–H groups in total. The molecule has 0 aromatic carbocycles. The standard InChI is InChI=1S/C9H18O6/c1-13-5-7(12)9(15-3)8(14-2)6(11)4-10/h4,6-9,11-12H,5H2,1-3H3/t6-,7+,8+,9+/m0/s1. The number of aldehydes is 1. The van der Waals surface area contributed by atoms with Gasteiger partial charge < -0.3 is 29.2 Å². The summed E-state index contributed by atoms with van der Waals surface area (Å²) in [4.78, 5) is 10.4. The molecular weight excluding hydrogens is 204 g/mol. The summed E-state index contributed by atoms with van der Waals surface area (Å²) in [5.41, 5.74) is 0. The lowest BCUT2D eigenvalue weighted by Gasteiger charge is -2.29. The Bertz CT molecular complexity index is 174. The monoisotopic (exact) mass is 222 g/mol. The van der Waals surface area contributed by atoms with Crippen LogP contribution >= 0.6 is 0 Å². The Balaban J connectivity index is 4.51. The highest BCUT2D eigenvalue weighted by Crippen LogP contribution is 2.11. The number of methoxy groups -OCH3 is 3. The maximum Gasteiger partial charge on any atom is 0.151 e. The van der Waals surface area contributed by atoms with Crippen LogP contribution < -0.4 is 0 Å². The smallest absolute Gasteiger partial charge is 0.151 e. The molecule has 0 saturated carbocycles. The number of carbonyl (C=O) groups excluding carboxylic acids is 1. The van der Waals surface area contributed by atoms with Crippen molar-refractivity contribution in [3.63, 3.8) is 0 Å². The molecule has 0 aliphatic carbocycles. The number of rotatable bonds is 8. The van der Waals surface area contributed by atoms with Crippen LogP contribution in [0.5, 0.6) is 0 Å². The Morgan fingerprint density at radius 3 is 2.00 bits per heavy atom. The molecule has 0 aliphatic heterocycles. The third kappa shape index (κ3) is 4.23. The molecule has 0 heterocycles. The molecule has 6 nitrogen and oxygen atoms in total. The highest BCUT2D eigenvalue weighted by molar-refractivity contribution is 5.56. The van der Waals surface area contributed by atoms with Crippen molar-refractivity contribution in [2.75, 3.05) is 27.9 Å². The number of carbonyl (C=O) groups is 1. The summed E-state index contributed by atoms with van der Waals surface area (Å²) in [6.45, 7) is 0.0317. The van der Waals surface area contributed by atoms with E-state index in [0.717, 1.165) is 0 Å². The summed E-state index contributed by atoms with van der Waals surface area (Å²) in [7, 11) is 4.10. The van der Waals surface area contributed by atoms with E-state index in [-0.39, 0.29) is 6.61 Å². The van der Waals surface area contributed by atoms with Gasteiger partial charge in [0.15, 0.2) is 6.29 Å². The van der Waals surface area contributed by atoms with E-state index in [1.54, 1.807) is 0 Å². The molecule has 0 fully saturated rings. The maximum absolute atomic E-state index is 10.4. The zero-order chi connectivity index (χ0) is 11.8. The van der Waals surface area contributed by atoms with Crippen LogP contribution in [0.3, 0.4) is 0 Å². The van der Waals surface area contributed by atoms with E-state index in [1.165, 1.54) is 21.3 Å². The number of hydrogen-bond donors (Lipinski definition) is 2. The van der Waals surface area contributed by atoms with Crippen LogP contribution in [-0.4, -0.2) is 68.9 Å². The number of aliphatic hydroxyl groups is 2. The van der Waals surface area contributed by atoms with Crippen molar-refractivity contribution >= 4 is 6.29 Å². The van der Waals surface area contributed by atoms with Crippen molar-refractivity contribution < 1.29 is 29.2 Å². The first-order valence-electron chi connectivity index (χ1n) is 4.48. The van der Waals surface area contributed by atoms with Crippen LogP contribution in [0, 0.1) is 0 Å². The van der Waals surface area contributed by atoms with E-state index in [9.17, 15) is 15.0 Å². The first kappa shape index (κ1) is 14.5. The van der Waals surface area contributed by atoms with Crippen LogP contribution in [0.25, 0.3) is 0 Å². The zero-order valence-electron chi connectivity index (χ0n) is 9.12. The van der Waals surface area contributed by atoms with Gasteiger partial charge in [-0.05, 0) is 0 Å². The van der Waals surface area contributed by atoms with E-state index in [1.807, 2.05) is 0 Å².